The van der Waals surface area contributed by atoms with Crippen LogP contribution in [0.3, 0.4) is 0 Å². The van der Waals surface area contributed by atoms with Crippen LogP contribution in [0.1, 0.15) is 79.6 Å². The topological polar surface area (TPSA) is 49.9 Å². The van der Waals surface area contributed by atoms with Gasteiger partial charge in [-0.3, -0.25) is 9.59 Å². The van der Waals surface area contributed by atoms with Gasteiger partial charge in [-0.15, -0.1) is 0 Å². The number of carbonyl (C=O) groups excluding carboxylic acids is 2. The van der Waals surface area contributed by atoms with Gasteiger partial charge in [0, 0.05) is 97.2 Å². The first-order chi connectivity index (χ1) is 16.0. The molecule has 0 aromatic rings. The highest BCUT2D eigenvalue weighted by Gasteiger charge is 2.36. The van der Waals surface area contributed by atoms with Crippen LogP contribution >= 0.6 is 22.6 Å². The van der Waals surface area contributed by atoms with Gasteiger partial charge in [-0.2, -0.15) is 0 Å². The second-order valence-electron chi connectivity index (χ2n) is 9.72. The highest BCUT2D eigenvalue weighted by Crippen LogP contribution is 2.36. The summed E-state index contributed by atoms with van der Waals surface area (Å²) in [7, 11) is 9.55. The first-order valence-corrected chi connectivity index (χ1v) is 21.6. The fourth-order valence-corrected chi connectivity index (χ4v) is 6.05. The van der Waals surface area contributed by atoms with Crippen LogP contribution < -0.4 is 0 Å². The van der Waals surface area contributed by atoms with Crippen LogP contribution in [0, 0.1) is 0 Å². The molecule has 35 heavy (non-hydrogen) atoms. The van der Waals surface area contributed by atoms with Crippen molar-refractivity contribution in [2.75, 3.05) is 39.2 Å². The molecule has 0 aliphatic heterocycles. The van der Waals surface area contributed by atoms with Gasteiger partial charge in [0.1, 0.15) is 0 Å². The van der Waals surface area contributed by atoms with Crippen LogP contribution in [0.2, 0.25) is 18.1 Å². The molecular formula is C23H51IN2O3S5Si. The Morgan fingerprint density at radius 3 is 1.69 bits per heavy atom. The maximum Gasteiger partial charge on any atom is 0.222 e. The second kappa shape index (κ2) is 28.0. The van der Waals surface area contributed by atoms with Crippen molar-refractivity contribution in [3.05, 3.63) is 0 Å². The number of nitrogens with zero attached hydrogens (tertiary/aromatic N) is 2. The molecule has 0 bridgehead atoms. The summed E-state index contributed by atoms with van der Waals surface area (Å²) in [6.07, 6.45) is 7.94. The summed E-state index contributed by atoms with van der Waals surface area (Å²) < 4.78 is 7.28. The number of alkyl halides is 1. The Balaban J connectivity index is -0.000000197. The Morgan fingerprint density at radius 2 is 1.40 bits per heavy atom. The third-order valence-corrected chi connectivity index (χ3v) is 15.0. The molecule has 0 aromatic carbocycles. The van der Waals surface area contributed by atoms with Gasteiger partial charge in [-0.25, -0.2) is 0 Å². The van der Waals surface area contributed by atoms with E-state index in [1.165, 1.54) is 75.0 Å². The summed E-state index contributed by atoms with van der Waals surface area (Å²) in [5, 5.41) is 0.358. The van der Waals surface area contributed by atoms with Crippen molar-refractivity contribution >= 4 is 91.7 Å². The molecule has 0 unspecified atom stereocenters. The second-order valence-corrected chi connectivity index (χ2v) is 20.9. The van der Waals surface area contributed by atoms with Crippen molar-refractivity contribution in [1.29, 1.82) is 0 Å². The normalized spacial score (nSPS) is 10.2. The SMILES string of the molecule is CC(=O)N(C)C.CC(C)(C)[Si](C)(C)OCCCCI.CCCCCCC(=O)N(C)C.S=S=S=S=S. The zero-order valence-electron chi connectivity index (χ0n) is 23.9. The van der Waals surface area contributed by atoms with Crippen molar-refractivity contribution in [1.82, 2.24) is 9.80 Å². The molecule has 0 radical (unpaired) electrons. The molecule has 0 N–H and O–H groups in total. The Bertz CT molecular complexity index is 646. The fourth-order valence-electron chi connectivity index (χ4n) is 1.68. The van der Waals surface area contributed by atoms with E-state index in [2.05, 4.69) is 85.8 Å². The van der Waals surface area contributed by atoms with Gasteiger partial charge in [0.2, 0.25) is 11.8 Å². The Labute approximate surface area is 250 Å². The molecule has 0 aliphatic rings. The van der Waals surface area contributed by atoms with E-state index in [9.17, 15) is 9.59 Å². The van der Waals surface area contributed by atoms with Crippen molar-refractivity contribution < 1.29 is 14.0 Å². The van der Waals surface area contributed by atoms with Crippen LogP contribution in [-0.2, 0) is 63.0 Å². The van der Waals surface area contributed by atoms with Gasteiger partial charge >= 0.3 is 0 Å². The molecule has 2 amide bonds. The van der Waals surface area contributed by atoms with Gasteiger partial charge < -0.3 is 14.2 Å². The van der Waals surface area contributed by atoms with Crippen molar-refractivity contribution in [3.63, 3.8) is 0 Å². The smallest absolute Gasteiger partial charge is 0.222 e. The van der Waals surface area contributed by atoms with Crippen LogP contribution in [-0.4, -0.2) is 69.2 Å². The zero-order chi connectivity index (χ0) is 28.5. The molecule has 0 atom stereocenters. The predicted molar refractivity (Wildman–Crippen MR) is 180 cm³/mol. The van der Waals surface area contributed by atoms with Crippen molar-refractivity contribution in [3.8, 4) is 0 Å². The number of unbranched alkanes of at least 4 members (excludes halogenated alkanes) is 4. The molecule has 0 fully saturated rings. The van der Waals surface area contributed by atoms with Crippen LogP contribution in [0.25, 0.3) is 0 Å². The molecule has 5 nitrogen and oxygen atoms in total. The van der Waals surface area contributed by atoms with Gasteiger partial charge in [0.05, 0.1) is 0 Å². The minimum atomic E-state index is -1.46. The summed E-state index contributed by atoms with van der Waals surface area (Å²) >= 11 is 11.3. The van der Waals surface area contributed by atoms with Crippen molar-refractivity contribution in [2.45, 2.75) is 97.7 Å². The lowest BCUT2D eigenvalue weighted by Gasteiger charge is -2.36. The maximum atomic E-state index is 11.0. The molecule has 0 saturated carbocycles. The third-order valence-electron chi connectivity index (χ3n) is 5.23. The highest BCUT2D eigenvalue weighted by molar-refractivity contribution is 14.1. The van der Waals surface area contributed by atoms with E-state index in [1.54, 1.807) is 19.0 Å². The number of halogens is 1. The first kappa shape index (κ1) is 43.0. The minimum Gasteiger partial charge on any atom is -0.417 e. The van der Waals surface area contributed by atoms with Crippen LogP contribution in [0.15, 0.2) is 0 Å². The van der Waals surface area contributed by atoms with E-state index in [1.807, 2.05) is 14.1 Å². The summed E-state index contributed by atoms with van der Waals surface area (Å²) in [6.45, 7) is 16.2. The lowest BCUT2D eigenvalue weighted by Crippen LogP contribution is -2.40. The fraction of sp³-hybridized carbons (Fsp3) is 0.913. The Morgan fingerprint density at radius 1 is 0.914 bits per heavy atom. The molecule has 12 heteroatoms. The van der Waals surface area contributed by atoms with Gasteiger partial charge in [-0.1, -0.05) is 69.5 Å². The van der Waals surface area contributed by atoms with E-state index in [0.717, 1.165) is 13.0 Å². The number of hydrogen-bond acceptors (Lipinski definition) is 5. The summed E-state index contributed by atoms with van der Waals surface area (Å²) in [5.74, 6) is 0.344. The number of rotatable bonds is 10. The van der Waals surface area contributed by atoms with E-state index in [0.29, 0.717) is 11.5 Å². The zero-order valence-corrected chi connectivity index (χ0v) is 31.1. The summed E-state index contributed by atoms with van der Waals surface area (Å²) in [4.78, 5) is 24.3. The predicted octanol–water partition coefficient (Wildman–Crippen LogP) is 6.35. The van der Waals surface area contributed by atoms with E-state index >= 15 is 0 Å². The number of carbonyl (C=O) groups is 2. The minimum absolute atomic E-state index is 0.0926. The van der Waals surface area contributed by atoms with Crippen molar-refractivity contribution in [2.24, 2.45) is 0 Å². The lowest BCUT2D eigenvalue weighted by molar-refractivity contribution is -0.129. The highest BCUT2D eigenvalue weighted by atomic mass is 127. The molecule has 0 spiro atoms. The van der Waals surface area contributed by atoms with Crippen LogP contribution in [0.5, 0.6) is 0 Å². The summed E-state index contributed by atoms with van der Waals surface area (Å²) in [5.41, 5.74) is 0. The summed E-state index contributed by atoms with van der Waals surface area (Å²) in [6, 6.07) is 0. The maximum absolute atomic E-state index is 11.0. The molecular weight excluding hydrogens is 668 g/mol. The molecule has 0 rings (SSSR count). The number of amides is 2. The van der Waals surface area contributed by atoms with Gasteiger partial charge in [0.15, 0.2) is 8.32 Å². The van der Waals surface area contributed by atoms with Crippen LogP contribution in [0.4, 0.5) is 0 Å². The molecule has 212 valence electrons. The Kier molecular flexibility index (Phi) is 34.4. The third kappa shape index (κ3) is 34.9. The molecule has 0 aromatic heterocycles. The van der Waals surface area contributed by atoms with E-state index in [4.69, 9.17) is 4.43 Å². The van der Waals surface area contributed by atoms with E-state index < -0.39 is 8.32 Å². The first-order valence-electron chi connectivity index (χ1n) is 11.9. The standard InChI is InChI=1S/C10H23IOSi.C9H19NO.C4H9NO.S5/c1-10(2,3)13(4,5)12-9-7-6-8-11;1-4-5-6-7-8-9(11)10(2)3;1-4(6)5(2)3;1-3-5-4-2/h6-9H2,1-5H3;4-8H2,1-3H3;1-3H3;. The molecule has 0 saturated heterocycles. The largest absolute Gasteiger partial charge is 0.417 e. The molecule has 0 aliphatic carbocycles. The Hall–Kier alpha value is 0.947. The lowest BCUT2D eigenvalue weighted by atomic mass is 10.1. The monoisotopic (exact) mass is 718 g/mol. The average Bonchev–Trinajstić information content (AvgIpc) is 2.75. The van der Waals surface area contributed by atoms with E-state index in [-0.39, 0.29) is 11.8 Å². The van der Waals surface area contributed by atoms with Gasteiger partial charge in [0.25, 0.3) is 0 Å². The average molecular weight is 719 g/mol. The number of hydrogen-bond donors (Lipinski definition) is 0. The van der Waals surface area contributed by atoms with Gasteiger partial charge in [-0.05, 0) is 41.8 Å². The molecule has 0 heterocycles. The quantitative estimate of drug-likeness (QED) is 0.114.